The van der Waals surface area contributed by atoms with Crippen LogP contribution in [0.25, 0.3) is 0 Å². The molecule has 6 nitrogen and oxygen atoms in total. The van der Waals surface area contributed by atoms with Crippen molar-refractivity contribution in [1.82, 2.24) is 15.4 Å². The summed E-state index contributed by atoms with van der Waals surface area (Å²) in [6, 6.07) is 2.05. The molecule has 0 radical (unpaired) electrons. The molecule has 1 N–H and O–H groups in total. The number of rotatable bonds is 4. The minimum atomic E-state index is -0.157. The average molecular weight is 386 g/mol. The highest BCUT2D eigenvalue weighted by molar-refractivity contribution is 5.92. The Hall–Kier alpha value is -1.85. The number of nitrogens with one attached hydrogen (secondary N) is 1. The van der Waals surface area contributed by atoms with Gasteiger partial charge in [-0.05, 0) is 57.3 Å². The first-order valence-corrected chi connectivity index (χ1v) is 11.1. The molecular formula is C22H31N3O3. The van der Waals surface area contributed by atoms with E-state index in [1.165, 1.54) is 32.1 Å². The Bertz CT molecular complexity index is 763. The Morgan fingerprint density at radius 1 is 1.21 bits per heavy atom. The molecule has 2 amide bonds. The molecule has 1 spiro atoms. The second kappa shape index (κ2) is 6.89. The van der Waals surface area contributed by atoms with E-state index in [-0.39, 0.29) is 23.9 Å². The van der Waals surface area contributed by atoms with E-state index in [1.54, 1.807) is 6.07 Å². The summed E-state index contributed by atoms with van der Waals surface area (Å²) in [6.45, 7) is 2.86. The molecule has 1 aliphatic heterocycles. The lowest BCUT2D eigenvalue weighted by Crippen LogP contribution is -2.51. The Balaban J connectivity index is 1.14. The van der Waals surface area contributed by atoms with E-state index in [4.69, 9.17) is 4.52 Å². The summed E-state index contributed by atoms with van der Waals surface area (Å²) < 4.78 is 5.29. The SMILES string of the molecule is C[C@@H]1CC(NC(=O)c2cc(C3CC3)on2)CCN1C(=O)C1CC12CCCCC2. The molecule has 1 aromatic heterocycles. The van der Waals surface area contributed by atoms with Gasteiger partial charge in [-0.15, -0.1) is 0 Å². The van der Waals surface area contributed by atoms with Gasteiger partial charge in [0.15, 0.2) is 5.69 Å². The number of piperidine rings is 1. The van der Waals surface area contributed by atoms with Crippen molar-refractivity contribution in [3.05, 3.63) is 17.5 Å². The van der Waals surface area contributed by atoms with E-state index in [9.17, 15) is 9.59 Å². The monoisotopic (exact) mass is 385 g/mol. The normalized spacial score (nSPS) is 31.6. The van der Waals surface area contributed by atoms with Crippen molar-refractivity contribution in [3.8, 4) is 0 Å². The van der Waals surface area contributed by atoms with Gasteiger partial charge >= 0.3 is 0 Å². The summed E-state index contributed by atoms with van der Waals surface area (Å²) in [6.07, 6.45) is 11.4. The first kappa shape index (κ1) is 18.2. The average Bonchev–Trinajstić information content (AvgIpc) is 3.60. The lowest BCUT2D eigenvalue weighted by atomic mass is 9.84. The van der Waals surface area contributed by atoms with Gasteiger partial charge in [0, 0.05) is 36.5 Å². The highest BCUT2D eigenvalue weighted by atomic mass is 16.5. The molecule has 5 rings (SSSR count). The summed E-state index contributed by atoms with van der Waals surface area (Å²) in [5, 5.41) is 7.03. The zero-order valence-electron chi connectivity index (χ0n) is 16.8. The molecule has 6 heteroatoms. The van der Waals surface area contributed by atoms with E-state index < -0.39 is 0 Å². The highest BCUT2D eigenvalue weighted by Gasteiger charge is 2.58. The number of amides is 2. The van der Waals surface area contributed by atoms with Crippen LogP contribution in [-0.4, -0.2) is 40.5 Å². The standard InChI is InChI=1S/C22H31N3O3/c1-14-11-16(23-20(26)18-12-19(28-24-18)15-5-6-15)7-10-25(14)21(27)17-13-22(17)8-3-2-4-9-22/h12,14-17H,2-11,13H2,1H3,(H,23,26)/t14-,16?,17?/m1/s1. The van der Waals surface area contributed by atoms with Crippen molar-refractivity contribution >= 4 is 11.8 Å². The van der Waals surface area contributed by atoms with Gasteiger partial charge in [0.25, 0.3) is 5.91 Å². The van der Waals surface area contributed by atoms with Crippen molar-refractivity contribution in [2.24, 2.45) is 11.3 Å². The third-order valence-electron chi connectivity index (χ3n) is 7.57. The summed E-state index contributed by atoms with van der Waals surface area (Å²) in [5.41, 5.74) is 0.720. The number of hydrogen-bond acceptors (Lipinski definition) is 4. The highest BCUT2D eigenvalue weighted by Crippen LogP contribution is 2.62. The number of aromatic nitrogens is 1. The zero-order valence-corrected chi connectivity index (χ0v) is 16.8. The molecule has 2 heterocycles. The Labute approximate surface area is 166 Å². The quantitative estimate of drug-likeness (QED) is 0.859. The molecular weight excluding hydrogens is 354 g/mol. The molecule has 0 bridgehead atoms. The fourth-order valence-electron chi connectivity index (χ4n) is 5.55. The lowest BCUT2D eigenvalue weighted by molar-refractivity contribution is -0.137. The summed E-state index contributed by atoms with van der Waals surface area (Å²) in [4.78, 5) is 27.7. The first-order chi connectivity index (χ1) is 13.6. The van der Waals surface area contributed by atoms with Crippen LogP contribution in [0.4, 0.5) is 0 Å². The molecule has 28 heavy (non-hydrogen) atoms. The first-order valence-electron chi connectivity index (χ1n) is 11.1. The molecule has 3 saturated carbocycles. The van der Waals surface area contributed by atoms with Crippen molar-refractivity contribution in [1.29, 1.82) is 0 Å². The second-order valence-electron chi connectivity index (χ2n) is 9.64. The van der Waals surface area contributed by atoms with Crippen LogP contribution in [0, 0.1) is 11.3 Å². The van der Waals surface area contributed by atoms with E-state index in [1.807, 2.05) is 0 Å². The van der Waals surface area contributed by atoms with Crippen LogP contribution in [0.5, 0.6) is 0 Å². The van der Waals surface area contributed by atoms with Gasteiger partial charge in [-0.1, -0.05) is 24.4 Å². The van der Waals surface area contributed by atoms with E-state index in [2.05, 4.69) is 22.3 Å². The van der Waals surface area contributed by atoms with Crippen LogP contribution in [0.15, 0.2) is 10.6 Å². The smallest absolute Gasteiger partial charge is 0.273 e. The van der Waals surface area contributed by atoms with Gasteiger partial charge in [0.1, 0.15) is 5.76 Å². The number of carbonyl (C=O) groups is 2. The van der Waals surface area contributed by atoms with E-state index in [0.717, 1.165) is 44.4 Å². The third-order valence-corrected chi connectivity index (χ3v) is 7.57. The second-order valence-corrected chi connectivity index (χ2v) is 9.64. The Morgan fingerprint density at radius 2 is 2.00 bits per heavy atom. The fourth-order valence-corrected chi connectivity index (χ4v) is 5.55. The van der Waals surface area contributed by atoms with Crippen LogP contribution in [0.3, 0.4) is 0 Å². The van der Waals surface area contributed by atoms with Crippen LogP contribution >= 0.6 is 0 Å². The van der Waals surface area contributed by atoms with Crippen LogP contribution in [0.1, 0.15) is 93.3 Å². The molecule has 4 fully saturated rings. The minimum Gasteiger partial charge on any atom is -0.360 e. The minimum absolute atomic E-state index is 0.0930. The Morgan fingerprint density at radius 3 is 2.71 bits per heavy atom. The predicted molar refractivity (Wildman–Crippen MR) is 104 cm³/mol. The van der Waals surface area contributed by atoms with Gasteiger partial charge in [-0.25, -0.2) is 0 Å². The van der Waals surface area contributed by atoms with Gasteiger partial charge in [0.05, 0.1) is 0 Å². The van der Waals surface area contributed by atoms with E-state index in [0.29, 0.717) is 22.9 Å². The maximum absolute atomic E-state index is 13.1. The molecule has 1 aromatic rings. The third kappa shape index (κ3) is 3.35. The summed E-state index contributed by atoms with van der Waals surface area (Å²) in [7, 11) is 0. The maximum Gasteiger partial charge on any atom is 0.273 e. The molecule has 2 unspecified atom stereocenters. The Kier molecular flexibility index (Phi) is 4.48. The maximum atomic E-state index is 13.1. The molecule has 3 atom stereocenters. The number of likely N-dealkylation sites (tertiary alicyclic amines) is 1. The summed E-state index contributed by atoms with van der Waals surface area (Å²) >= 11 is 0. The molecule has 3 aliphatic carbocycles. The van der Waals surface area contributed by atoms with Crippen molar-refractivity contribution in [2.75, 3.05) is 6.54 Å². The topological polar surface area (TPSA) is 75.4 Å². The number of hydrogen-bond donors (Lipinski definition) is 1. The number of carbonyl (C=O) groups excluding carboxylic acids is 2. The zero-order chi connectivity index (χ0) is 19.3. The van der Waals surface area contributed by atoms with Crippen LogP contribution in [-0.2, 0) is 4.79 Å². The van der Waals surface area contributed by atoms with Crippen LogP contribution < -0.4 is 5.32 Å². The lowest BCUT2D eigenvalue weighted by Gasteiger charge is -2.38. The molecule has 152 valence electrons. The number of nitrogens with zero attached hydrogens (tertiary/aromatic N) is 2. The largest absolute Gasteiger partial charge is 0.360 e. The van der Waals surface area contributed by atoms with Crippen LogP contribution in [0.2, 0.25) is 0 Å². The van der Waals surface area contributed by atoms with Gasteiger partial charge < -0.3 is 14.7 Å². The summed E-state index contributed by atoms with van der Waals surface area (Å²) in [5.74, 6) is 1.76. The van der Waals surface area contributed by atoms with Crippen molar-refractivity contribution < 1.29 is 14.1 Å². The van der Waals surface area contributed by atoms with E-state index >= 15 is 0 Å². The fraction of sp³-hybridized carbons (Fsp3) is 0.773. The van der Waals surface area contributed by atoms with Gasteiger partial charge in [0.2, 0.25) is 5.91 Å². The molecule has 1 saturated heterocycles. The predicted octanol–water partition coefficient (Wildman–Crippen LogP) is 3.63. The van der Waals surface area contributed by atoms with Crippen molar-refractivity contribution in [3.63, 3.8) is 0 Å². The molecule has 0 aromatic carbocycles. The van der Waals surface area contributed by atoms with Crippen molar-refractivity contribution in [2.45, 2.75) is 89.1 Å². The molecule has 4 aliphatic rings. The van der Waals surface area contributed by atoms with Gasteiger partial charge in [-0.3, -0.25) is 9.59 Å². The van der Waals surface area contributed by atoms with Gasteiger partial charge in [-0.2, -0.15) is 0 Å².